The second-order valence-corrected chi connectivity index (χ2v) is 7.94. The molecule has 1 amide bonds. The fourth-order valence-corrected chi connectivity index (χ4v) is 4.17. The van der Waals surface area contributed by atoms with Gasteiger partial charge in [0.1, 0.15) is 16.6 Å². The Morgan fingerprint density at radius 1 is 1.19 bits per heavy atom. The monoisotopic (exact) mass is 398 g/mol. The molecule has 0 aliphatic carbocycles. The number of anilines is 1. The van der Waals surface area contributed by atoms with E-state index in [-0.39, 0.29) is 11.7 Å². The van der Waals surface area contributed by atoms with Gasteiger partial charge in [0.25, 0.3) is 0 Å². The van der Waals surface area contributed by atoms with Gasteiger partial charge in [-0.3, -0.25) is 9.20 Å². The molecule has 0 atom stereocenters. The predicted molar refractivity (Wildman–Crippen MR) is 110 cm³/mol. The Labute approximate surface area is 164 Å². The van der Waals surface area contributed by atoms with Gasteiger partial charge >= 0.3 is 0 Å². The standard InChI is InChI=1S/C19H18N4O2S2/c1-11-7-15-17(25-11)9-16-19(22-21-12(2)23(15)16)27-10-18(24)20-13-5-4-6-14(8-13)26-3/h4-9H,10H2,1-3H3,(H,20,24). The van der Waals surface area contributed by atoms with Crippen molar-refractivity contribution in [2.45, 2.75) is 23.8 Å². The topological polar surface area (TPSA) is 72.4 Å². The normalized spacial score (nSPS) is 11.4. The fourth-order valence-electron chi connectivity index (χ4n) is 2.97. The Morgan fingerprint density at radius 2 is 2.04 bits per heavy atom. The largest absolute Gasteiger partial charge is 0.460 e. The van der Waals surface area contributed by atoms with Crippen LogP contribution in [0, 0.1) is 13.8 Å². The number of carbonyl (C=O) groups is 1. The minimum absolute atomic E-state index is 0.0788. The van der Waals surface area contributed by atoms with E-state index in [1.54, 1.807) is 11.8 Å². The Bertz CT molecular complexity index is 1150. The maximum absolute atomic E-state index is 12.3. The molecule has 0 fully saturated rings. The lowest BCUT2D eigenvalue weighted by atomic mass is 10.3. The van der Waals surface area contributed by atoms with Gasteiger partial charge in [0.05, 0.1) is 16.8 Å². The van der Waals surface area contributed by atoms with E-state index in [0.717, 1.165) is 38.8 Å². The van der Waals surface area contributed by atoms with Crippen LogP contribution >= 0.6 is 23.5 Å². The molecule has 0 aliphatic heterocycles. The third kappa shape index (κ3) is 3.54. The molecule has 0 saturated heterocycles. The van der Waals surface area contributed by atoms with E-state index in [2.05, 4.69) is 15.5 Å². The second kappa shape index (κ2) is 7.28. The molecular formula is C19H18N4O2S2. The molecule has 0 aliphatic rings. The number of thioether (sulfide) groups is 2. The quantitative estimate of drug-likeness (QED) is 0.498. The number of amides is 1. The Morgan fingerprint density at radius 3 is 2.85 bits per heavy atom. The number of rotatable bonds is 5. The number of hydrogen-bond donors (Lipinski definition) is 1. The zero-order valence-corrected chi connectivity index (χ0v) is 16.8. The molecule has 0 saturated carbocycles. The van der Waals surface area contributed by atoms with Crippen molar-refractivity contribution in [2.75, 3.05) is 17.3 Å². The maximum atomic E-state index is 12.3. The molecule has 3 heterocycles. The number of nitrogens with zero attached hydrogens (tertiary/aromatic N) is 3. The van der Waals surface area contributed by atoms with Gasteiger partial charge in [-0.05, 0) is 38.3 Å². The summed E-state index contributed by atoms with van der Waals surface area (Å²) < 4.78 is 7.74. The molecular weight excluding hydrogens is 380 g/mol. The summed E-state index contributed by atoms with van der Waals surface area (Å²) in [4.78, 5) is 13.5. The molecule has 0 unspecified atom stereocenters. The first-order valence-electron chi connectivity index (χ1n) is 8.37. The van der Waals surface area contributed by atoms with Crippen molar-refractivity contribution in [3.05, 3.63) is 48.0 Å². The van der Waals surface area contributed by atoms with E-state index in [1.165, 1.54) is 11.8 Å². The molecule has 0 spiro atoms. The molecule has 27 heavy (non-hydrogen) atoms. The SMILES string of the molecule is CSc1cccc(NC(=O)CSc2nnc(C)n3c2cc2oc(C)cc23)c1. The minimum atomic E-state index is -0.0788. The van der Waals surface area contributed by atoms with Crippen molar-refractivity contribution in [3.63, 3.8) is 0 Å². The van der Waals surface area contributed by atoms with Crippen LogP contribution in [0.3, 0.4) is 0 Å². The summed E-state index contributed by atoms with van der Waals surface area (Å²) in [5.41, 5.74) is 3.46. The molecule has 3 aromatic heterocycles. The first kappa shape index (κ1) is 17.9. The lowest BCUT2D eigenvalue weighted by Crippen LogP contribution is -2.14. The molecule has 1 aromatic carbocycles. The average Bonchev–Trinajstić information content (AvgIpc) is 3.17. The van der Waals surface area contributed by atoms with Gasteiger partial charge in [-0.15, -0.1) is 22.0 Å². The van der Waals surface area contributed by atoms with Crippen molar-refractivity contribution in [3.8, 4) is 0 Å². The van der Waals surface area contributed by atoms with Crippen LogP contribution < -0.4 is 5.32 Å². The third-order valence-electron chi connectivity index (χ3n) is 4.13. The van der Waals surface area contributed by atoms with Crippen LogP contribution in [0.4, 0.5) is 5.69 Å². The van der Waals surface area contributed by atoms with Crippen molar-refractivity contribution in [2.24, 2.45) is 0 Å². The number of hydrogen-bond acceptors (Lipinski definition) is 6. The molecule has 0 radical (unpaired) electrons. The highest BCUT2D eigenvalue weighted by Gasteiger charge is 2.16. The number of fused-ring (bicyclic) bond motifs is 3. The fraction of sp³-hybridized carbons (Fsp3) is 0.211. The van der Waals surface area contributed by atoms with Gasteiger partial charge in [0, 0.05) is 22.7 Å². The first-order chi connectivity index (χ1) is 13.0. The van der Waals surface area contributed by atoms with Crippen molar-refractivity contribution in [1.29, 1.82) is 0 Å². The number of aromatic nitrogens is 3. The van der Waals surface area contributed by atoms with Crippen LogP contribution in [0.2, 0.25) is 0 Å². The highest BCUT2D eigenvalue weighted by atomic mass is 32.2. The molecule has 1 N–H and O–H groups in total. The highest BCUT2D eigenvalue weighted by Crippen LogP contribution is 2.30. The van der Waals surface area contributed by atoms with Gasteiger partial charge < -0.3 is 9.73 Å². The average molecular weight is 399 g/mol. The molecule has 6 nitrogen and oxygen atoms in total. The molecule has 8 heteroatoms. The summed E-state index contributed by atoms with van der Waals surface area (Å²) in [6, 6.07) is 11.7. The number of aryl methyl sites for hydroxylation is 2. The van der Waals surface area contributed by atoms with Crippen molar-refractivity contribution < 1.29 is 9.21 Å². The Hall–Kier alpha value is -2.45. The summed E-state index contributed by atoms with van der Waals surface area (Å²) >= 11 is 3.01. The predicted octanol–water partition coefficient (Wildman–Crippen LogP) is 4.55. The van der Waals surface area contributed by atoms with Gasteiger partial charge in [-0.25, -0.2) is 0 Å². The van der Waals surface area contributed by atoms with Gasteiger partial charge in [-0.1, -0.05) is 17.8 Å². The summed E-state index contributed by atoms with van der Waals surface area (Å²) in [6.45, 7) is 3.82. The van der Waals surface area contributed by atoms with Crippen molar-refractivity contribution >= 4 is 51.7 Å². The van der Waals surface area contributed by atoms with Gasteiger partial charge in [-0.2, -0.15) is 0 Å². The second-order valence-electron chi connectivity index (χ2n) is 6.09. The number of benzene rings is 1. The smallest absolute Gasteiger partial charge is 0.234 e. The van der Waals surface area contributed by atoms with Crippen LogP contribution in [-0.4, -0.2) is 32.5 Å². The molecule has 4 rings (SSSR count). The maximum Gasteiger partial charge on any atom is 0.234 e. The lowest BCUT2D eigenvalue weighted by Gasteiger charge is -2.07. The summed E-state index contributed by atoms with van der Waals surface area (Å²) in [7, 11) is 0. The van der Waals surface area contributed by atoms with E-state index >= 15 is 0 Å². The van der Waals surface area contributed by atoms with Crippen LogP contribution in [-0.2, 0) is 4.79 Å². The Balaban J connectivity index is 1.54. The summed E-state index contributed by atoms with van der Waals surface area (Å²) in [5.74, 6) is 1.81. The van der Waals surface area contributed by atoms with Gasteiger partial charge in [0.2, 0.25) is 5.91 Å². The van der Waals surface area contributed by atoms with Crippen molar-refractivity contribution in [1.82, 2.24) is 14.6 Å². The van der Waals surface area contributed by atoms with Crippen LogP contribution in [0.5, 0.6) is 0 Å². The number of furan rings is 1. The Kier molecular flexibility index (Phi) is 4.84. The molecule has 0 bridgehead atoms. The van der Waals surface area contributed by atoms with E-state index in [1.807, 2.05) is 60.9 Å². The summed E-state index contributed by atoms with van der Waals surface area (Å²) in [6.07, 6.45) is 2.01. The summed E-state index contributed by atoms with van der Waals surface area (Å²) in [5, 5.41) is 12.2. The van der Waals surface area contributed by atoms with E-state index in [9.17, 15) is 4.79 Å². The van der Waals surface area contributed by atoms with Gasteiger partial charge in [0.15, 0.2) is 5.58 Å². The minimum Gasteiger partial charge on any atom is -0.460 e. The lowest BCUT2D eigenvalue weighted by molar-refractivity contribution is -0.113. The van der Waals surface area contributed by atoms with E-state index in [4.69, 9.17) is 4.42 Å². The highest BCUT2D eigenvalue weighted by molar-refractivity contribution is 8.00. The molecule has 138 valence electrons. The van der Waals surface area contributed by atoms with E-state index in [0.29, 0.717) is 5.03 Å². The zero-order valence-electron chi connectivity index (χ0n) is 15.1. The van der Waals surface area contributed by atoms with Crippen LogP contribution in [0.1, 0.15) is 11.6 Å². The van der Waals surface area contributed by atoms with E-state index < -0.39 is 0 Å². The number of carbonyl (C=O) groups excluding carboxylic acids is 1. The third-order valence-corrected chi connectivity index (χ3v) is 5.83. The number of nitrogens with one attached hydrogen (secondary N) is 1. The van der Waals surface area contributed by atoms with Crippen LogP contribution in [0.25, 0.3) is 16.6 Å². The first-order valence-corrected chi connectivity index (χ1v) is 10.6. The van der Waals surface area contributed by atoms with Crippen LogP contribution in [0.15, 0.2) is 50.7 Å². The zero-order chi connectivity index (χ0) is 19.0. The molecule has 4 aromatic rings.